The van der Waals surface area contributed by atoms with E-state index in [-0.39, 0.29) is 10.6 Å². The van der Waals surface area contributed by atoms with Crippen LogP contribution in [0.25, 0.3) is 0 Å². The molecule has 0 aliphatic rings. The summed E-state index contributed by atoms with van der Waals surface area (Å²) in [5.74, 6) is -1.000. The van der Waals surface area contributed by atoms with Crippen LogP contribution in [0.5, 0.6) is 0 Å². The van der Waals surface area contributed by atoms with Crippen LogP contribution in [0.1, 0.15) is 11.1 Å². The summed E-state index contributed by atoms with van der Waals surface area (Å²) in [4.78, 5) is -0.0566. The van der Waals surface area contributed by atoms with Crippen LogP contribution >= 0.6 is 11.8 Å². The monoisotopic (exact) mass is 239 g/mol. The normalized spacial score (nSPS) is 11.9. The van der Waals surface area contributed by atoms with Crippen molar-refractivity contribution in [2.24, 2.45) is 0 Å². The Balaban J connectivity index is 3.55. The van der Waals surface area contributed by atoms with Crippen molar-refractivity contribution in [1.29, 1.82) is 0 Å². The molecule has 0 aromatic heterocycles. The molecule has 15 heavy (non-hydrogen) atoms. The molecule has 0 saturated heterocycles. The average molecular weight is 239 g/mol. The Labute approximate surface area is 88.7 Å². The lowest BCUT2D eigenvalue weighted by Crippen LogP contribution is -2.12. The molecule has 1 aromatic carbocycles. The van der Waals surface area contributed by atoms with E-state index in [4.69, 9.17) is 5.73 Å². The highest BCUT2D eigenvalue weighted by atomic mass is 32.2. The zero-order chi connectivity index (χ0) is 11.8. The largest absolute Gasteiger partial charge is 0.417 e. The molecule has 0 fully saturated rings. The van der Waals surface area contributed by atoms with Gasteiger partial charge in [0.1, 0.15) is 5.82 Å². The van der Waals surface area contributed by atoms with Crippen molar-refractivity contribution in [2.75, 3.05) is 12.0 Å². The van der Waals surface area contributed by atoms with Crippen molar-refractivity contribution < 1.29 is 17.6 Å². The smallest absolute Gasteiger partial charge is 0.396 e. The predicted molar refractivity (Wildman–Crippen MR) is 52.3 cm³/mol. The number of benzene rings is 1. The van der Waals surface area contributed by atoms with E-state index in [0.29, 0.717) is 0 Å². The van der Waals surface area contributed by atoms with Gasteiger partial charge in [-0.15, -0.1) is 11.8 Å². The van der Waals surface area contributed by atoms with E-state index in [1.807, 2.05) is 0 Å². The lowest BCUT2D eigenvalue weighted by atomic mass is 10.1. The van der Waals surface area contributed by atoms with E-state index >= 15 is 0 Å². The van der Waals surface area contributed by atoms with E-state index in [9.17, 15) is 17.6 Å². The third-order valence-electron chi connectivity index (χ3n) is 1.99. The predicted octanol–water partition coefficient (Wildman–Crippen LogP) is 3.46. The van der Waals surface area contributed by atoms with Gasteiger partial charge in [0.15, 0.2) is 0 Å². The van der Waals surface area contributed by atoms with Gasteiger partial charge in [0.2, 0.25) is 0 Å². The molecular weight excluding hydrogens is 230 g/mol. The Morgan fingerprint density at radius 3 is 2.27 bits per heavy atom. The molecular formula is C9H9F4NS. The maximum Gasteiger partial charge on any atom is 0.417 e. The first-order chi connectivity index (χ1) is 6.79. The number of halogens is 4. The average Bonchev–Trinajstić information content (AvgIpc) is 2.11. The fourth-order valence-corrected chi connectivity index (χ4v) is 2.02. The quantitative estimate of drug-likeness (QED) is 0.461. The van der Waals surface area contributed by atoms with Crippen LogP contribution in [0.15, 0.2) is 11.0 Å². The standard InChI is InChI=1S/C9H9F4NS/c1-4-7(9(11,12)13)6(15-2)3-5(14)8(4)10/h3H,14H2,1-2H3. The highest BCUT2D eigenvalue weighted by Gasteiger charge is 2.36. The topological polar surface area (TPSA) is 26.0 Å². The molecule has 0 aliphatic carbocycles. The lowest BCUT2D eigenvalue weighted by molar-refractivity contribution is -0.140. The minimum Gasteiger partial charge on any atom is -0.396 e. The van der Waals surface area contributed by atoms with Gasteiger partial charge in [-0.25, -0.2) is 4.39 Å². The van der Waals surface area contributed by atoms with E-state index in [2.05, 4.69) is 0 Å². The van der Waals surface area contributed by atoms with E-state index in [1.54, 1.807) is 0 Å². The van der Waals surface area contributed by atoms with E-state index in [0.717, 1.165) is 24.8 Å². The van der Waals surface area contributed by atoms with Crippen LogP contribution in [-0.2, 0) is 6.18 Å². The number of thioether (sulfide) groups is 1. The second kappa shape index (κ2) is 3.92. The highest BCUT2D eigenvalue weighted by Crippen LogP contribution is 2.40. The van der Waals surface area contributed by atoms with Crippen LogP contribution < -0.4 is 5.73 Å². The fourth-order valence-electron chi connectivity index (χ4n) is 1.30. The Bertz CT molecular complexity index is 387. The molecule has 2 N–H and O–H groups in total. The van der Waals surface area contributed by atoms with Crippen LogP contribution in [0.4, 0.5) is 23.2 Å². The summed E-state index contributed by atoms with van der Waals surface area (Å²) in [7, 11) is 0. The summed E-state index contributed by atoms with van der Waals surface area (Å²) < 4.78 is 51.0. The molecule has 0 radical (unpaired) electrons. The number of nitrogen functional groups attached to an aromatic ring is 1. The SMILES string of the molecule is CSc1cc(N)c(F)c(C)c1C(F)(F)F. The van der Waals surface area contributed by atoms with Crippen LogP contribution in [-0.4, -0.2) is 6.26 Å². The van der Waals surface area contributed by atoms with Crippen molar-refractivity contribution in [3.63, 3.8) is 0 Å². The number of nitrogens with two attached hydrogens (primary N) is 1. The molecule has 1 aromatic rings. The third-order valence-corrected chi connectivity index (χ3v) is 2.76. The molecule has 0 atom stereocenters. The van der Waals surface area contributed by atoms with Crippen LogP contribution in [0.3, 0.4) is 0 Å². The summed E-state index contributed by atoms with van der Waals surface area (Å²) in [5.41, 5.74) is 3.60. The molecule has 0 bridgehead atoms. The Morgan fingerprint density at radius 1 is 1.33 bits per heavy atom. The van der Waals surface area contributed by atoms with Gasteiger partial charge in [-0.05, 0) is 19.2 Å². The summed E-state index contributed by atoms with van der Waals surface area (Å²) in [6, 6.07) is 1.01. The van der Waals surface area contributed by atoms with Gasteiger partial charge in [-0.1, -0.05) is 0 Å². The molecule has 1 nitrogen and oxygen atoms in total. The van der Waals surface area contributed by atoms with Gasteiger partial charge in [-0.2, -0.15) is 13.2 Å². The van der Waals surface area contributed by atoms with Gasteiger partial charge in [0, 0.05) is 10.5 Å². The van der Waals surface area contributed by atoms with Gasteiger partial charge >= 0.3 is 6.18 Å². The Morgan fingerprint density at radius 2 is 1.87 bits per heavy atom. The van der Waals surface area contributed by atoms with Gasteiger partial charge in [-0.3, -0.25) is 0 Å². The number of anilines is 1. The third kappa shape index (κ3) is 2.19. The van der Waals surface area contributed by atoms with Gasteiger partial charge in [0.25, 0.3) is 0 Å². The summed E-state index contributed by atoms with van der Waals surface area (Å²) in [5, 5.41) is 0. The first-order valence-corrected chi connectivity index (χ1v) is 5.21. The number of hydrogen-bond acceptors (Lipinski definition) is 2. The van der Waals surface area contributed by atoms with Gasteiger partial charge in [0.05, 0.1) is 11.3 Å². The zero-order valence-corrected chi connectivity index (χ0v) is 8.89. The van der Waals surface area contributed by atoms with Crippen LogP contribution in [0.2, 0.25) is 0 Å². The lowest BCUT2D eigenvalue weighted by Gasteiger charge is -2.16. The fraction of sp³-hybridized carbons (Fsp3) is 0.333. The highest BCUT2D eigenvalue weighted by molar-refractivity contribution is 7.98. The van der Waals surface area contributed by atoms with Crippen molar-refractivity contribution in [3.8, 4) is 0 Å². The summed E-state index contributed by atoms with van der Waals surface area (Å²) in [6.07, 6.45) is -3.07. The van der Waals surface area contributed by atoms with Crippen LogP contribution in [0, 0.1) is 12.7 Å². The molecule has 6 heteroatoms. The maximum atomic E-state index is 13.2. The van der Waals surface area contributed by atoms with Crippen molar-refractivity contribution >= 4 is 17.4 Å². The maximum absolute atomic E-state index is 13.2. The Kier molecular flexibility index (Phi) is 3.18. The molecule has 0 unspecified atom stereocenters. The second-order valence-electron chi connectivity index (χ2n) is 2.98. The Hall–Kier alpha value is -0.910. The second-order valence-corrected chi connectivity index (χ2v) is 3.83. The minimum atomic E-state index is -4.56. The molecule has 1 rings (SSSR count). The summed E-state index contributed by atoms with van der Waals surface area (Å²) in [6.45, 7) is 1.08. The molecule has 0 saturated carbocycles. The zero-order valence-electron chi connectivity index (χ0n) is 8.07. The number of rotatable bonds is 1. The van der Waals surface area contributed by atoms with Crippen molar-refractivity contribution in [2.45, 2.75) is 18.0 Å². The van der Waals surface area contributed by atoms with Gasteiger partial charge < -0.3 is 5.73 Å². The summed E-state index contributed by atoms with van der Waals surface area (Å²) >= 11 is 0.893. The molecule has 0 aliphatic heterocycles. The molecule has 0 heterocycles. The first-order valence-electron chi connectivity index (χ1n) is 3.98. The van der Waals surface area contributed by atoms with Crippen molar-refractivity contribution in [3.05, 3.63) is 23.0 Å². The van der Waals surface area contributed by atoms with E-state index < -0.39 is 23.1 Å². The molecule has 0 amide bonds. The van der Waals surface area contributed by atoms with E-state index in [1.165, 1.54) is 6.26 Å². The number of alkyl halides is 3. The van der Waals surface area contributed by atoms with Crippen molar-refractivity contribution in [1.82, 2.24) is 0 Å². The first kappa shape index (κ1) is 12.2. The number of hydrogen-bond donors (Lipinski definition) is 1. The molecule has 84 valence electrons. The minimum absolute atomic E-state index is 0.0566. The molecule has 0 spiro atoms.